The monoisotopic (exact) mass is 286 g/mol. The van der Waals surface area contributed by atoms with Gasteiger partial charge in [0.05, 0.1) is 0 Å². The largest absolute Gasteiger partial charge is 0.384 e. The average molecular weight is 288 g/mol. The maximum absolute atomic E-state index is 10.2. The fraction of sp³-hybridized carbons (Fsp3) is 0.0769. The first-order chi connectivity index (χ1) is 8.08. The second-order valence-electron chi connectivity index (χ2n) is 3.62. The molecule has 0 saturated carbocycles. The van der Waals surface area contributed by atoms with Crippen LogP contribution in [0.4, 0.5) is 0 Å². The fourth-order valence-electron chi connectivity index (χ4n) is 1.55. The van der Waals surface area contributed by atoms with Crippen LogP contribution in [0.3, 0.4) is 0 Å². The molecule has 1 N–H and O–H groups in total. The molecule has 2 rings (SSSR count). The number of aliphatic hydroxyl groups excluding tert-OH is 1. The Morgan fingerprint density at radius 1 is 0.824 bits per heavy atom. The van der Waals surface area contributed by atoms with E-state index in [1.807, 2.05) is 0 Å². The molecule has 0 aliphatic heterocycles. The third kappa shape index (κ3) is 2.93. The van der Waals surface area contributed by atoms with Gasteiger partial charge in [0.2, 0.25) is 0 Å². The highest BCUT2D eigenvalue weighted by atomic mass is 35.5. The van der Waals surface area contributed by atoms with Gasteiger partial charge >= 0.3 is 0 Å². The van der Waals surface area contributed by atoms with Crippen molar-refractivity contribution in [3.63, 3.8) is 0 Å². The molecule has 0 heterocycles. The smallest absolute Gasteiger partial charge is 0.106 e. The van der Waals surface area contributed by atoms with E-state index in [4.69, 9.17) is 34.8 Å². The van der Waals surface area contributed by atoms with Gasteiger partial charge in [0.25, 0.3) is 0 Å². The lowest BCUT2D eigenvalue weighted by molar-refractivity contribution is 0.220. The van der Waals surface area contributed by atoms with Gasteiger partial charge in [0.15, 0.2) is 0 Å². The molecule has 1 unspecified atom stereocenters. The van der Waals surface area contributed by atoms with Crippen LogP contribution in [0.15, 0.2) is 42.5 Å². The Labute approximate surface area is 115 Å². The van der Waals surface area contributed by atoms with E-state index >= 15 is 0 Å². The lowest BCUT2D eigenvalue weighted by Gasteiger charge is -2.13. The predicted molar refractivity (Wildman–Crippen MR) is 72.0 cm³/mol. The normalized spacial score (nSPS) is 12.5. The summed E-state index contributed by atoms with van der Waals surface area (Å²) in [7, 11) is 0. The molecule has 0 bridgehead atoms. The van der Waals surface area contributed by atoms with Crippen LogP contribution in [-0.4, -0.2) is 5.11 Å². The number of rotatable bonds is 2. The molecule has 2 aromatic rings. The Kier molecular flexibility index (Phi) is 3.95. The molecule has 0 aliphatic carbocycles. The number of hydrogen-bond donors (Lipinski definition) is 1. The molecule has 0 amide bonds. The Balaban J connectivity index is 2.39. The quantitative estimate of drug-likeness (QED) is 0.846. The molecule has 0 fully saturated rings. The molecule has 1 nitrogen and oxygen atoms in total. The van der Waals surface area contributed by atoms with Crippen LogP contribution in [0, 0.1) is 0 Å². The van der Waals surface area contributed by atoms with Gasteiger partial charge in [-0.1, -0.05) is 46.9 Å². The van der Waals surface area contributed by atoms with E-state index in [0.717, 1.165) is 5.56 Å². The average Bonchev–Trinajstić information content (AvgIpc) is 2.32. The molecular weight excluding hydrogens is 279 g/mol. The highest BCUT2D eigenvalue weighted by Gasteiger charge is 2.14. The summed E-state index contributed by atoms with van der Waals surface area (Å²) < 4.78 is 0. The summed E-state index contributed by atoms with van der Waals surface area (Å²) in [6.45, 7) is 0. The molecule has 0 saturated heterocycles. The van der Waals surface area contributed by atoms with Gasteiger partial charge < -0.3 is 5.11 Å². The van der Waals surface area contributed by atoms with Crippen molar-refractivity contribution in [2.75, 3.05) is 0 Å². The van der Waals surface area contributed by atoms with Crippen molar-refractivity contribution in [3.8, 4) is 0 Å². The van der Waals surface area contributed by atoms with Crippen molar-refractivity contribution in [1.29, 1.82) is 0 Å². The second kappa shape index (κ2) is 5.28. The number of aliphatic hydroxyl groups is 1. The minimum atomic E-state index is -0.807. The van der Waals surface area contributed by atoms with Crippen molar-refractivity contribution in [1.82, 2.24) is 0 Å². The molecule has 0 radical (unpaired) electrons. The third-order valence-corrected chi connectivity index (χ3v) is 3.27. The predicted octanol–water partition coefficient (Wildman–Crippen LogP) is 4.73. The standard InChI is InChI=1S/C13H9Cl3O/c14-9-3-1-8(2-4-9)13(17)11-7-10(15)5-6-12(11)16/h1-7,13,17H. The Bertz CT molecular complexity index is 523. The Morgan fingerprint density at radius 3 is 2.06 bits per heavy atom. The van der Waals surface area contributed by atoms with Crippen LogP contribution in [0.1, 0.15) is 17.2 Å². The van der Waals surface area contributed by atoms with Crippen LogP contribution in [0.25, 0.3) is 0 Å². The van der Waals surface area contributed by atoms with Crippen molar-refractivity contribution < 1.29 is 5.11 Å². The summed E-state index contributed by atoms with van der Waals surface area (Å²) >= 11 is 17.7. The number of hydrogen-bond acceptors (Lipinski definition) is 1. The zero-order valence-corrected chi connectivity index (χ0v) is 11.0. The summed E-state index contributed by atoms with van der Waals surface area (Å²) in [4.78, 5) is 0. The molecule has 0 aliphatic rings. The molecule has 1 atom stereocenters. The number of halogens is 3. The summed E-state index contributed by atoms with van der Waals surface area (Å²) in [6.07, 6.45) is -0.807. The minimum absolute atomic E-state index is 0.483. The van der Waals surface area contributed by atoms with Gasteiger partial charge in [-0.15, -0.1) is 0 Å². The van der Waals surface area contributed by atoms with Gasteiger partial charge in [-0.2, -0.15) is 0 Å². The molecule has 0 aromatic heterocycles. The summed E-state index contributed by atoms with van der Waals surface area (Å²) in [5.41, 5.74) is 1.31. The lowest BCUT2D eigenvalue weighted by Crippen LogP contribution is -2.00. The van der Waals surface area contributed by atoms with E-state index in [9.17, 15) is 5.11 Å². The zero-order valence-electron chi connectivity index (χ0n) is 8.70. The number of benzene rings is 2. The highest BCUT2D eigenvalue weighted by Crippen LogP contribution is 2.30. The maximum Gasteiger partial charge on any atom is 0.106 e. The molecule has 17 heavy (non-hydrogen) atoms. The van der Waals surface area contributed by atoms with E-state index in [0.29, 0.717) is 20.6 Å². The van der Waals surface area contributed by atoms with Crippen LogP contribution in [-0.2, 0) is 0 Å². The first kappa shape index (κ1) is 12.7. The summed E-state index contributed by atoms with van der Waals surface area (Å²) in [5, 5.41) is 11.8. The minimum Gasteiger partial charge on any atom is -0.384 e. The second-order valence-corrected chi connectivity index (χ2v) is 4.90. The van der Waals surface area contributed by atoms with E-state index in [1.54, 1.807) is 42.5 Å². The van der Waals surface area contributed by atoms with Crippen LogP contribution < -0.4 is 0 Å². The molecular formula is C13H9Cl3O. The maximum atomic E-state index is 10.2. The third-order valence-electron chi connectivity index (χ3n) is 2.44. The molecule has 88 valence electrons. The first-order valence-corrected chi connectivity index (χ1v) is 6.10. The Morgan fingerprint density at radius 2 is 1.41 bits per heavy atom. The van der Waals surface area contributed by atoms with Crippen molar-refractivity contribution in [2.45, 2.75) is 6.10 Å². The topological polar surface area (TPSA) is 20.2 Å². The van der Waals surface area contributed by atoms with Gasteiger partial charge in [-0.05, 0) is 35.9 Å². The van der Waals surface area contributed by atoms with Gasteiger partial charge in [-0.3, -0.25) is 0 Å². The van der Waals surface area contributed by atoms with E-state index < -0.39 is 6.10 Å². The molecule has 2 aromatic carbocycles. The van der Waals surface area contributed by atoms with Crippen molar-refractivity contribution in [2.24, 2.45) is 0 Å². The van der Waals surface area contributed by atoms with Gasteiger partial charge in [0.1, 0.15) is 6.10 Å². The van der Waals surface area contributed by atoms with Crippen LogP contribution in [0.5, 0.6) is 0 Å². The SMILES string of the molecule is OC(c1ccc(Cl)cc1)c1cc(Cl)ccc1Cl. The van der Waals surface area contributed by atoms with E-state index in [-0.39, 0.29) is 0 Å². The van der Waals surface area contributed by atoms with Crippen molar-refractivity contribution >= 4 is 34.8 Å². The van der Waals surface area contributed by atoms with Crippen LogP contribution in [0.2, 0.25) is 15.1 Å². The van der Waals surface area contributed by atoms with E-state index in [1.165, 1.54) is 0 Å². The van der Waals surface area contributed by atoms with E-state index in [2.05, 4.69) is 0 Å². The highest BCUT2D eigenvalue weighted by molar-refractivity contribution is 6.33. The summed E-state index contributed by atoms with van der Waals surface area (Å²) in [6, 6.07) is 12.0. The fourth-order valence-corrected chi connectivity index (χ4v) is 2.08. The first-order valence-electron chi connectivity index (χ1n) is 4.96. The summed E-state index contributed by atoms with van der Waals surface area (Å²) in [5.74, 6) is 0. The molecule has 0 spiro atoms. The molecule has 4 heteroatoms. The Hall–Kier alpha value is -0.730. The lowest BCUT2D eigenvalue weighted by atomic mass is 10.0. The van der Waals surface area contributed by atoms with Gasteiger partial charge in [-0.25, -0.2) is 0 Å². The van der Waals surface area contributed by atoms with Gasteiger partial charge in [0, 0.05) is 20.6 Å². The van der Waals surface area contributed by atoms with Crippen LogP contribution >= 0.6 is 34.8 Å². The zero-order chi connectivity index (χ0) is 12.4. The van der Waals surface area contributed by atoms with Crippen molar-refractivity contribution in [3.05, 3.63) is 68.7 Å².